The van der Waals surface area contributed by atoms with Gasteiger partial charge in [0, 0.05) is 0 Å². The molecule has 0 saturated heterocycles. The summed E-state index contributed by atoms with van der Waals surface area (Å²) < 4.78 is 0. The second kappa shape index (κ2) is 44.7. The Hall–Kier alpha value is 2.09. The topological polar surface area (TPSA) is 0 Å². The molecular formula is C23H50Cl3P3V. The first-order valence-corrected chi connectivity index (χ1v) is 16.6. The Morgan fingerprint density at radius 3 is 0.633 bits per heavy atom. The minimum atomic E-state index is 0. The van der Waals surface area contributed by atoms with Crippen LogP contribution >= 0.6 is 23.8 Å². The standard InChI is InChI=1S/3C6H15P.C5H5.3ClH.V/c3*1-4-7(5-2)6-3;1-2-4-5-3-1;;;;/h3*4-6H2,1-3H3;1-5H;3*1H;/q;;;-1;;;;+4/p-3. The molecule has 0 aliphatic carbocycles. The molecule has 1 radical (unpaired) electrons. The van der Waals surface area contributed by atoms with Gasteiger partial charge in [-0.2, -0.15) is 18.2 Å². The first kappa shape index (κ1) is 49.3. The van der Waals surface area contributed by atoms with Crippen LogP contribution in [0.5, 0.6) is 0 Å². The van der Waals surface area contributed by atoms with E-state index < -0.39 is 0 Å². The fraction of sp³-hybridized carbons (Fsp3) is 0.783. The van der Waals surface area contributed by atoms with E-state index in [9.17, 15) is 0 Å². The summed E-state index contributed by atoms with van der Waals surface area (Å²) in [5.74, 6) is 0. The molecule has 0 atom stereocenters. The number of halogens is 3. The van der Waals surface area contributed by atoms with Crippen molar-refractivity contribution in [1.82, 2.24) is 0 Å². The van der Waals surface area contributed by atoms with Crippen molar-refractivity contribution in [3.05, 3.63) is 30.3 Å². The van der Waals surface area contributed by atoms with Gasteiger partial charge >= 0.3 is 18.6 Å². The molecule has 0 spiro atoms. The fourth-order valence-electron chi connectivity index (χ4n) is 2.33. The molecule has 1 aromatic carbocycles. The van der Waals surface area contributed by atoms with Gasteiger partial charge in [0.2, 0.25) is 0 Å². The molecule has 1 rings (SSSR count). The SMILES string of the molecule is CCP(CC)CC.CCP(CC)CC.CCP(CC)CC.[Cl-].[Cl-].[Cl-].[V+4].c1cc[cH-]c1. The third-order valence-corrected chi connectivity index (χ3v) is 12.6. The van der Waals surface area contributed by atoms with Gasteiger partial charge in [-0.15, -0.1) is 23.8 Å². The van der Waals surface area contributed by atoms with E-state index in [2.05, 4.69) is 62.3 Å². The largest absolute Gasteiger partial charge is 4.00 e. The first-order chi connectivity index (χ1) is 12.5. The Morgan fingerprint density at radius 1 is 0.433 bits per heavy atom. The van der Waals surface area contributed by atoms with E-state index in [-0.39, 0.29) is 55.8 Å². The molecule has 0 aliphatic heterocycles. The van der Waals surface area contributed by atoms with Crippen molar-refractivity contribution in [2.24, 2.45) is 0 Å². The van der Waals surface area contributed by atoms with Gasteiger partial charge in [0.05, 0.1) is 0 Å². The van der Waals surface area contributed by atoms with Gasteiger partial charge in [0.25, 0.3) is 0 Å². The van der Waals surface area contributed by atoms with Crippen molar-refractivity contribution in [3.63, 3.8) is 0 Å². The van der Waals surface area contributed by atoms with Crippen LogP contribution in [0.1, 0.15) is 62.3 Å². The summed E-state index contributed by atoms with van der Waals surface area (Å²) in [7, 11) is 1.34. The molecule has 7 heteroatoms. The Kier molecular flexibility index (Phi) is 73.5. The minimum Gasteiger partial charge on any atom is -1.00 e. The maximum Gasteiger partial charge on any atom is 4.00 e. The number of hydrogen-bond donors (Lipinski definition) is 0. The molecule has 0 amide bonds. The van der Waals surface area contributed by atoms with E-state index >= 15 is 0 Å². The maximum absolute atomic E-state index is 2.29. The summed E-state index contributed by atoms with van der Waals surface area (Å²) in [6.45, 7) is 20.6. The van der Waals surface area contributed by atoms with E-state index in [1.807, 2.05) is 30.3 Å². The summed E-state index contributed by atoms with van der Waals surface area (Å²) in [5.41, 5.74) is 0. The Bertz CT molecular complexity index is 244. The van der Waals surface area contributed by atoms with Crippen molar-refractivity contribution in [1.29, 1.82) is 0 Å². The van der Waals surface area contributed by atoms with Gasteiger partial charge in [-0.25, -0.2) is 12.1 Å². The van der Waals surface area contributed by atoms with E-state index in [1.165, 1.54) is 55.5 Å². The zero-order chi connectivity index (χ0) is 20.6. The zero-order valence-electron chi connectivity index (χ0n) is 21.2. The molecule has 0 N–H and O–H groups in total. The molecule has 0 aromatic heterocycles. The molecule has 30 heavy (non-hydrogen) atoms. The van der Waals surface area contributed by atoms with Crippen LogP contribution in [-0.2, 0) is 18.6 Å². The summed E-state index contributed by atoms with van der Waals surface area (Å²) >= 11 is 0. The van der Waals surface area contributed by atoms with Crippen LogP contribution in [0.3, 0.4) is 0 Å². The van der Waals surface area contributed by atoms with Crippen molar-refractivity contribution < 1.29 is 55.8 Å². The quantitative estimate of drug-likeness (QED) is 0.287. The van der Waals surface area contributed by atoms with Crippen LogP contribution in [0, 0.1) is 0 Å². The molecule has 0 saturated carbocycles. The van der Waals surface area contributed by atoms with Crippen LogP contribution in [0.2, 0.25) is 0 Å². The predicted molar refractivity (Wildman–Crippen MR) is 138 cm³/mol. The van der Waals surface area contributed by atoms with E-state index in [0.29, 0.717) is 23.8 Å². The van der Waals surface area contributed by atoms with Gasteiger partial charge in [0.15, 0.2) is 0 Å². The van der Waals surface area contributed by atoms with Crippen LogP contribution in [0.25, 0.3) is 0 Å². The minimum absolute atomic E-state index is 0. The molecule has 183 valence electrons. The summed E-state index contributed by atoms with van der Waals surface area (Å²) in [6.07, 6.45) is 12.8. The molecule has 0 aliphatic rings. The first-order valence-electron chi connectivity index (χ1n) is 10.9. The Balaban J connectivity index is -0.0000000452. The molecule has 0 heterocycles. The van der Waals surface area contributed by atoms with Crippen LogP contribution in [-0.4, -0.2) is 55.5 Å². The third-order valence-electron chi connectivity index (χ3n) is 4.58. The van der Waals surface area contributed by atoms with Crippen LogP contribution in [0.4, 0.5) is 0 Å². The van der Waals surface area contributed by atoms with Gasteiger partial charge in [-0.1, -0.05) is 62.3 Å². The van der Waals surface area contributed by atoms with Gasteiger partial charge < -0.3 is 37.2 Å². The monoisotopic (exact) mass is 575 g/mol. The molecule has 0 unspecified atom stereocenters. The number of rotatable bonds is 9. The Labute approximate surface area is 226 Å². The summed E-state index contributed by atoms with van der Waals surface area (Å²) in [4.78, 5) is 0. The molecule has 0 bridgehead atoms. The second-order valence-electron chi connectivity index (χ2n) is 5.82. The molecule has 0 fully saturated rings. The molecule has 1 aromatic rings. The van der Waals surface area contributed by atoms with Crippen molar-refractivity contribution >= 4 is 23.8 Å². The third kappa shape index (κ3) is 40.5. The summed E-state index contributed by atoms with van der Waals surface area (Å²) in [6, 6.07) is 10.0. The van der Waals surface area contributed by atoms with E-state index in [0.717, 1.165) is 0 Å². The van der Waals surface area contributed by atoms with Gasteiger partial charge in [0.1, 0.15) is 0 Å². The Morgan fingerprint density at radius 2 is 0.600 bits per heavy atom. The molecular weight excluding hydrogens is 526 g/mol. The smallest absolute Gasteiger partial charge is 1.00 e. The summed E-state index contributed by atoms with van der Waals surface area (Å²) in [5, 5.41) is 0. The van der Waals surface area contributed by atoms with Gasteiger partial charge in [-0.05, 0) is 55.5 Å². The van der Waals surface area contributed by atoms with E-state index in [4.69, 9.17) is 0 Å². The van der Waals surface area contributed by atoms with Crippen LogP contribution < -0.4 is 37.2 Å². The normalized spacial score (nSPS) is 8.53. The maximum atomic E-state index is 2.29. The van der Waals surface area contributed by atoms with Crippen LogP contribution in [0.15, 0.2) is 30.3 Å². The fourth-order valence-corrected chi connectivity index (χ4v) is 6.36. The average Bonchev–Trinajstić information content (AvgIpc) is 3.27. The van der Waals surface area contributed by atoms with Crippen molar-refractivity contribution in [3.8, 4) is 0 Å². The molecule has 0 nitrogen and oxygen atoms in total. The average molecular weight is 577 g/mol. The predicted octanol–water partition coefficient (Wildman–Crippen LogP) is -0.001000. The number of hydrogen-bond acceptors (Lipinski definition) is 0. The van der Waals surface area contributed by atoms with Gasteiger partial charge in [-0.3, -0.25) is 0 Å². The zero-order valence-corrected chi connectivity index (χ0v) is 27.5. The van der Waals surface area contributed by atoms with Crippen molar-refractivity contribution in [2.45, 2.75) is 62.3 Å². The van der Waals surface area contributed by atoms with Crippen molar-refractivity contribution in [2.75, 3.05) is 55.5 Å². The van der Waals surface area contributed by atoms with E-state index in [1.54, 1.807) is 0 Å². The second-order valence-corrected chi connectivity index (χ2v) is 15.5.